The van der Waals surface area contributed by atoms with E-state index < -0.39 is 0 Å². The second-order valence-electron chi connectivity index (χ2n) is 7.12. The molecule has 0 amide bonds. The number of imidazole rings is 1. The Kier molecular flexibility index (Phi) is 2.27. The maximum atomic E-state index is 5.00. The smallest absolute Gasteiger partial charge is 0.217 e. The number of nitrogens with one attached hydrogen (secondary N) is 2. The van der Waals surface area contributed by atoms with Gasteiger partial charge in [-0.05, 0) is 36.4 Å². The van der Waals surface area contributed by atoms with Crippen molar-refractivity contribution in [2.24, 2.45) is 0 Å². The Bertz CT molecular complexity index is 1230. The average molecular weight is 352 g/mol. The molecule has 7 rings (SSSR count). The van der Waals surface area contributed by atoms with E-state index in [-0.39, 0.29) is 12.6 Å². The summed E-state index contributed by atoms with van der Waals surface area (Å²) >= 11 is 0. The van der Waals surface area contributed by atoms with Crippen LogP contribution in [0.3, 0.4) is 0 Å². The van der Waals surface area contributed by atoms with Gasteiger partial charge in [-0.15, -0.1) is 0 Å². The van der Waals surface area contributed by atoms with Crippen molar-refractivity contribution in [3.8, 4) is 0 Å². The van der Waals surface area contributed by atoms with Crippen LogP contribution in [0.2, 0.25) is 0 Å². The number of rotatable bonds is 0. The first kappa shape index (κ1) is 13.5. The lowest BCUT2D eigenvalue weighted by molar-refractivity contribution is 0.467. The zero-order valence-corrected chi connectivity index (χ0v) is 14.4. The molecule has 2 atom stereocenters. The van der Waals surface area contributed by atoms with Crippen LogP contribution in [0.25, 0.3) is 11.0 Å². The highest BCUT2D eigenvalue weighted by Crippen LogP contribution is 2.52. The van der Waals surface area contributed by atoms with Crippen LogP contribution in [0.4, 0.5) is 28.7 Å². The Labute approximate surface area is 155 Å². The fourth-order valence-corrected chi connectivity index (χ4v) is 4.61. The van der Waals surface area contributed by atoms with E-state index in [9.17, 15) is 0 Å². The Morgan fingerprint density at radius 3 is 2.26 bits per heavy atom. The van der Waals surface area contributed by atoms with Gasteiger partial charge in [-0.2, -0.15) is 0 Å². The second kappa shape index (κ2) is 4.54. The Morgan fingerprint density at radius 1 is 0.704 bits per heavy atom. The molecule has 0 aliphatic carbocycles. The molecule has 6 nitrogen and oxygen atoms in total. The van der Waals surface area contributed by atoms with Crippen molar-refractivity contribution in [3.63, 3.8) is 0 Å². The molecule has 3 aliphatic heterocycles. The van der Waals surface area contributed by atoms with Gasteiger partial charge in [0.25, 0.3) is 0 Å². The number of hydrogen-bond acceptors (Lipinski definition) is 5. The van der Waals surface area contributed by atoms with Crippen LogP contribution in [0.5, 0.6) is 0 Å². The highest BCUT2D eigenvalue weighted by molar-refractivity contribution is 5.90. The fraction of sp³-hybridized carbons (Fsp3) is 0.0952. The molecule has 0 bridgehead atoms. The number of aromatic nitrogens is 2. The summed E-state index contributed by atoms with van der Waals surface area (Å²) in [4.78, 5) is 9.70. The molecule has 0 saturated carbocycles. The lowest BCUT2D eigenvalue weighted by Crippen LogP contribution is -2.55. The predicted molar refractivity (Wildman–Crippen MR) is 107 cm³/mol. The molecule has 4 heterocycles. The number of benzene rings is 3. The third kappa shape index (κ3) is 1.54. The van der Waals surface area contributed by atoms with E-state index in [2.05, 4.69) is 91.7 Å². The van der Waals surface area contributed by atoms with E-state index in [0.717, 1.165) is 34.0 Å². The van der Waals surface area contributed by atoms with Gasteiger partial charge in [-0.1, -0.05) is 36.4 Å². The van der Waals surface area contributed by atoms with Gasteiger partial charge in [0.2, 0.25) is 5.95 Å². The lowest BCUT2D eigenvalue weighted by atomic mass is 10.2. The number of para-hydroxylation sites is 6. The summed E-state index contributed by atoms with van der Waals surface area (Å²) in [6.07, 6.45) is -0.0410. The zero-order chi connectivity index (χ0) is 17.5. The van der Waals surface area contributed by atoms with Gasteiger partial charge < -0.3 is 10.6 Å². The number of hydrogen-bond donors (Lipinski definition) is 2. The molecule has 6 heteroatoms. The maximum absolute atomic E-state index is 5.00. The van der Waals surface area contributed by atoms with Crippen LogP contribution >= 0.6 is 0 Å². The van der Waals surface area contributed by atoms with Crippen LogP contribution in [-0.2, 0) is 0 Å². The summed E-state index contributed by atoms with van der Waals surface area (Å²) in [5.41, 5.74) is 6.76. The number of anilines is 5. The molecule has 2 unspecified atom stereocenters. The summed E-state index contributed by atoms with van der Waals surface area (Å²) in [7, 11) is 0. The van der Waals surface area contributed by atoms with Crippen LogP contribution in [-0.4, -0.2) is 15.8 Å². The molecule has 0 fully saturated rings. The molecule has 2 N–H and O–H groups in total. The van der Waals surface area contributed by atoms with E-state index in [1.165, 1.54) is 5.69 Å². The quantitative estimate of drug-likeness (QED) is 0.494. The molecular formula is C21H16N6. The molecule has 4 aromatic rings. The summed E-state index contributed by atoms with van der Waals surface area (Å²) < 4.78 is 2.30. The van der Waals surface area contributed by atoms with E-state index in [0.29, 0.717) is 0 Å². The molecule has 3 aliphatic rings. The zero-order valence-electron chi connectivity index (χ0n) is 14.4. The summed E-state index contributed by atoms with van der Waals surface area (Å²) in [6, 6.07) is 25.3. The second-order valence-corrected chi connectivity index (χ2v) is 7.12. The standard InChI is InChI=1S/C21H16N6/c1-4-10-16-13(7-1)22-19-25(16)20-23-15-9-3-6-12-18(15)27(20)21-24-14-8-2-5-11-17(14)26(19)21/h1-12,19-20,22-23H. The largest absolute Gasteiger partial charge is 0.346 e. The molecule has 0 saturated heterocycles. The van der Waals surface area contributed by atoms with Crippen molar-refractivity contribution in [2.75, 3.05) is 20.4 Å². The molecule has 130 valence electrons. The van der Waals surface area contributed by atoms with E-state index >= 15 is 0 Å². The predicted octanol–water partition coefficient (Wildman–Crippen LogP) is 4.29. The minimum absolute atomic E-state index is 0.0205. The Balaban J connectivity index is 1.56. The first-order valence-corrected chi connectivity index (χ1v) is 9.16. The molecular weight excluding hydrogens is 336 g/mol. The van der Waals surface area contributed by atoms with Crippen molar-refractivity contribution >= 4 is 39.7 Å². The van der Waals surface area contributed by atoms with Gasteiger partial charge in [0.1, 0.15) is 0 Å². The van der Waals surface area contributed by atoms with Crippen LogP contribution in [0.15, 0.2) is 72.8 Å². The van der Waals surface area contributed by atoms with Gasteiger partial charge in [-0.3, -0.25) is 14.4 Å². The Hall–Kier alpha value is -3.67. The minimum atomic E-state index is -0.0205. The minimum Gasteiger partial charge on any atom is -0.346 e. The van der Waals surface area contributed by atoms with E-state index in [1.807, 2.05) is 6.07 Å². The molecule has 0 spiro atoms. The number of nitrogens with zero attached hydrogens (tertiary/aromatic N) is 4. The summed E-state index contributed by atoms with van der Waals surface area (Å²) in [5, 5.41) is 7.38. The highest BCUT2D eigenvalue weighted by Gasteiger charge is 2.48. The van der Waals surface area contributed by atoms with Crippen LogP contribution < -0.4 is 20.4 Å². The first-order chi connectivity index (χ1) is 13.4. The van der Waals surface area contributed by atoms with E-state index in [1.54, 1.807) is 0 Å². The molecule has 1 aromatic heterocycles. The van der Waals surface area contributed by atoms with Crippen molar-refractivity contribution in [2.45, 2.75) is 12.6 Å². The first-order valence-electron chi connectivity index (χ1n) is 9.16. The van der Waals surface area contributed by atoms with Gasteiger partial charge in [0, 0.05) is 0 Å². The number of fused-ring (bicyclic) bond motifs is 12. The molecule has 0 radical (unpaired) electrons. The SMILES string of the molecule is c1ccc2c(c1)NC1N2c2nc3ccccc3n2C2Nc3ccccc3N12. The fourth-order valence-electron chi connectivity index (χ4n) is 4.61. The monoisotopic (exact) mass is 352 g/mol. The van der Waals surface area contributed by atoms with Crippen LogP contribution in [0, 0.1) is 0 Å². The topological polar surface area (TPSA) is 48.4 Å². The summed E-state index contributed by atoms with van der Waals surface area (Å²) in [6.45, 7) is 0. The maximum Gasteiger partial charge on any atom is 0.217 e. The van der Waals surface area contributed by atoms with Gasteiger partial charge in [0.05, 0.1) is 33.8 Å². The third-order valence-electron chi connectivity index (χ3n) is 5.72. The van der Waals surface area contributed by atoms with Crippen molar-refractivity contribution < 1.29 is 0 Å². The average Bonchev–Trinajstić information content (AvgIpc) is 3.38. The van der Waals surface area contributed by atoms with Gasteiger partial charge in [0.15, 0.2) is 12.6 Å². The normalized spacial score (nSPS) is 21.0. The van der Waals surface area contributed by atoms with Gasteiger partial charge >= 0.3 is 0 Å². The van der Waals surface area contributed by atoms with Crippen LogP contribution in [0.1, 0.15) is 6.29 Å². The third-order valence-corrected chi connectivity index (χ3v) is 5.72. The van der Waals surface area contributed by atoms with Gasteiger partial charge in [-0.25, -0.2) is 4.98 Å². The Morgan fingerprint density at radius 2 is 1.37 bits per heavy atom. The van der Waals surface area contributed by atoms with Crippen molar-refractivity contribution in [3.05, 3.63) is 72.8 Å². The van der Waals surface area contributed by atoms with Crippen molar-refractivity contribution in [1.29, 1.82) is 0 Å². The molecule has 3 aromatic carbocycles. The molecule has 27 heavy (non-hydrogen) atoms. The van der Waals surface area contributed by atoms with E-state index in [4.69, 9.17) is 4.98 Å². The lowest BCUT2D eigenvalue weighted by Gasteiger charge is -2.43. The highest BCUT2D eigenvalue weighted by atomic mass is 15.7. The summed E-state index contributed by atoms with van der Waals surface area (Å²) in [5.74, 6) is 0.959. The van der Waals surface area contributed by atoms with Crippen molar-refractivity contribution in [1.82, 2.24) is 9.55 Å².